The second kappa shape index (κ2) is 11.0. The van der Waals surface area contributed by atoms with E-state index in [0.29, 0.717) is 35.7 Å². The number of carbonyl (C=O) groups excluding carboxylic acids is 3. The minimum Gasteiger partial charge on any atom is -0.497 e. The van der Waals surface area contributed by atoms with Gasteiger partial charge in [0.15, 0.2) is 0 Å². The summed E-state index contributed by atoms with van der Waals surface area (Å²) in [6.07, 6.45) is 0. The van der Waals surface area contributed by atoms with Crippen LogP contribution in [0.5, 0.6) is 5.75 Å². The van der Waals surface area contributed by atoms with Gasteiger partial charge in [0.2, 0.25) is 5.91 Å². The van der Waals surface area contributed by atoms with Gasteiger partial charge in [0.05, 0.1) is 18.4 Å². The van der Waals surface area contributed by atoms with Crippen LogP contribution in [0, 0.1) is 5.92 Å². The summed E-state index contributed by atoms with van der Waals surface area (Å²) in [5, 5.41) is 5.70. The maximum Gasteiger partial charge on any atom is 0.255 e. The first-order valence-electron chi connectivity index (χ1n) is 11.1. The van der Waals surface area contributed by atoms with Crippen LogP contribution in [0.2, 0.25) is 0 Å². The lowest BCUT2D eigenvalue weighted by atomic mass is 10.0. The number of para-hydroxylation sites is 1. The highest BCUT2D eigenvalue weighted by Crippen LogP contribution is 2.19. The van der Waals surface area contributed by atoms with Crippen molar-refractivity contribution in [2.75, 3.05) is 45.7 Å². The molecule has 0 radical (unpaired) electrons. The van der Waals surface area contributed by atoms with Gasteiger partial charge in [-0.3, -0.25) is 14.4 Å². The number of hydrogen-bond donors (Lipinski definition) is 2. The molecule has 1 heterocycles. The van der Waals surface area contributed by atoms with E-state index in [1.54, 1.807) is 55.6 Å². The molecule has 8 heteroatoms. The van der Waals surface area contributed by atoms with Crippen LogP contribution in [0.4, 0.5) is 5.69 Å². The van der Waals surface area contributed by atoms with Crippen LogP contribution >= 0.6 is 0 Å². The van der Waals surface area contributed by atoms with Crippen LogP contribution in [-0.2, 0) is 4.79 Å². The molecule has 176 valence electrons. The molecule has 2 aromatic rings. The zero-order valence-corrected chi connectivity index (χ0v) is 19.6. The number of carbonyl (C=O) groups is 3. The first-order valence-corrected chi connectivity index (χ1v) is 11.1. The molecule has 3 rings (SSSR count). The minimum absolute atomic E-state index is 0.0776. The number of likely N-dealkylation sites (N-methyl/N-ethyl adjacent to an activating group) is 1. The molecule has 1 atom stereocenters. The Morgan fingerprint density at radius 3 is 2.15 bits per heavy atom. The Bertz CT molecular complexity index is 982. The number of piperazine rings is 1. The van der Waals surface area contributed by atoms with Crippen molar-refractivity contribution in [2.24, 2.45) is 5.92 Å². The Balaban J connectivity index is 1.73. The molecule has 0 bridgehead atoms. The number of hydrogen-bond acceptors (Lipinski definition) is 5. The lowest BCUT2D eigenvalue weighted by Crippen LogP contribution is -2.55. The molecule has 1 aliphatic heterocycles. The van der Waals surface area contributed by atoms with E-state index in [2.05, 4.69) is 15.5 Å². The fourth-order valence-corrected chi connectivity index (χ4v) is 3.68. The molecule has 2 aromatic carbocycles. The second-order valence-corrected chi connectivity index (χ2v) is 8.55. The van der Waals surface area contributed by atoms with Gasteiger partial charge < -0.3 is 25.2 Å². The van der Waals surface area contributed by atoms with Crippen molar-refractivity contribution in [1.82, 2.24) is 15.1 Å². The molecular weight excluding hydrogens is 420 g/mol. The van der Waals surface area contributed by atoms with E-state index in [1.165, 1.54) is 0 Å². The van der Waals surface area contributed by atoms with Crippen LogP contribution in [0.1, 0.15) is 34.6 Å². The van der Waals surface area contributed by atoms with E-state index in [4.69, 9.17) is 4.74 Å². The summed E-state index contributed by atoms with van der Waals surface area (Å²) < 4.78 is 5.12. The van der Waals surface area contributed by atoms with Gasteiger partial charge in [-0.05, 0) is 49.4 Å². The summed E-state index contributed by atoms with van der Waals surface area (Å²) in [6, 6.07) is 12.8. The van der Waals surface area contributed by atoms with Gasteiger partial charge in [-0.2, -0.15) is 0 Å². The average molecular weight is 453 g/mol. The molecule has 3 amide bonds. The molecule has 0 saturated carbocycles. The second-order valence-electron chi connectivity index (χ2n) is 8.55. The standard InChI is InChI=1S/C25H32N4O4/c1-17(2)22(25(32)29-15-13-28(3)14-16-29)27-24(31)20-7-5-6-8-21(20)26-23(30)18-9-11-19(33-4)12-10-18/h5-12,17,22H,13-16H2,1-4H3,(H,26,30)(H,27,31)/t22-/m1/s1. The maximum atomic E-state index is 13.2. The smallest absolute Gasteiger partial charge is 0.255 e. The fourth-order valence-electron chi connectivity index (χ4n) is 3.68. The predicted octanol–water partition coefficient (Wildman–Crippen LogP) is 2.48. The summed E-state index contributed by atoms with van der Waals surface area (Å²) in [4.78, 5) is 43.0. The van der Waals surface area contributed by atoms with E-state index < -0.39 is 11.9 Å². The molecule has 33 heavy (non-hydrogen) atoms. The summed E-state index contributed by atoms with van der Waals surface area (Å²) in [5.41, 5.74) is 1.12. The van der Waals surface area contributed by atoms with Gasteiger partial charge in [0.1, 0.15) is 11.8 Å². The van der Waals surface area contributed by atoms with Crippen molar-refractivity contribution < 1.29 is 19.1 Å². The normalized spacial score (nSPS) is 15.1. The van der Waals surface area contributed by atoms with E-state index in [9.17, 15) is 14.4 Å². The van der Waals surface area contributed by atoms with Crippen molar-refractivity contribution in [2.45, 2.75) is 19.9 Å². The number of anilines is 1. The van der Waals surface area contributed by atoms with Crippen LogP contribution < -0.4 is 15.4 Å². The monoisotopic (exact) mass is 452 g/mol. The fraction of sp³-hybridized carbons (Fsp3) is 0.400. The molecule has 1 saturated heterocycles. The van der Waals surface area contributed by atoms with E-state index in [-0.39, 0.29) is 17.7 Å². The van der Waals surface area contributed by atoms with Crippen LogP contribution in [0.15, 0.2) is 48.5 Å². The minimum atomic E-state index is -0.647. The van der Waals surface area contributed by atoms with E-state index >= 15 is 0 Å². The average Bonchev–Trinajstić information content (AvgIpc) is 2.82. The molecule has 0 aromatic heterocycles. The molecule has 0 unspecified atom stereocenters. The van der Waals surface area contributed by atoms with Crippen LogP contribution in [0.3, 0.4) is 0 Å². The first kappa shape index (κ1) is 24.3. The topological polar surface area (TPSA) is 91.0 Å². The number of ether oxygens (including phenoxy) is 1. The van der Waals surface area contributed by atoms with Crippen molar-refractivity contribution in [3.63, 3.8) is 0 Å². The summed E-state index contributed by atoms with van der Waals surface area (Å²) in [7, 11) is 3.59. The highest BCUT2D eigenvalue weighted by molar-refractivity contribution is 6.09. The lowest BCUT2D eigenvalue weighted by molar-refractivity contribution is -0.135. The first-order chi connectivity index (χ1) is 15.8. The van der Waals surface area contributed by atoms with Gasteiger partial charge >= 0.3 is 0 Å². The SMILES string of the molecule is COc1ccc(C(=O)Nc2ccccc2C(=O)N[C@@H](C(=O)N2CCN(C)CC2)C(C)C)cc1. The Hall–Kier alpha value is -3.39. The quantitative estimate of drug-likeness (QED) is 0.674. The van der Waals surface area contributed by atoms with E-state index in [1.807, 2.05) is 25.8 Å². The largest absolute Gasteiger partial charge is 0.497 e. The van der Waals surface area contributed by atoms with Gasteiger partial charge in [-0.1, -0.05) is 26.0 Å². The number of rotatable bonds is 7. The van der Waals surface area contributed by atoms with Crippen molar-refractivity contribution >= 4 is 23.4 Å². The third-order valence-corrected chi connectivity index (χ3v) is 5.81. The number of nitrogens with one attached hydrogen (secondary N) is 2. The third kappa shape index (κ3) is 6.10. The lowest BCUT2D eigenvalue weighted by Gasteiger charge is -2.35. The molecule has 8 nitrogen and oxygen atoms in total. The van der Waals surface area contributed by atoms with Crippen molar-refractivity contribution in [1.29, 1.82) is 0 Å². The van der Waals surface area contributed by atoms with Gasteiger partial charge in [0.25, 0.3) is 11.8 Å². The molecule has 2 N–H and O–H groups in total. The number of benzene rings is 2. The van der Waals surface area contributed by atoms with Gasteiger partial charge in [0, 0.05) is 31.7 Å². The van der Waals surface area contributed by atoms with E-state index in [0.717, 1.165) is 13.1 Å². The highest BCUT2D eigenvalue weighted by atomic mass is 16.5. The Morgan fingerprint density at radius 2 is 1.55 bits per heavy atom. The zero-order valence-electron chi connectivity index (χ0n) is 19.6. The summed E-state index contributed by atoms with van der Waals surface area (Å²) in [5.74, 6) is -0.252. The Labute approximate surface area is 194 Å². The number of methoxy groups -OCH3 is 1. The summed E-state index contributed by atoms with van der Waals surface area (Å²) >= 11 is 0. The van der Waals surface area contributed by atoms with Crippen LogP contribution in [0.25, 0.3) is 0 Å². The van der Waals surface area contributed by atoms with Crippen LogP contribution in [-0.4, -0.2) is 73.9 Å². The molecule has 1 aliphatic rings. The number of amides is 3. The molecule has 0 spiro atoms. The Kier molecular flexibility index (Phi) is 8.06. The molecule has 0 aliphatic carbocycles. The van der Waals surface area contributed by atoms with Crippen molar-refractivity contribution in [3.8, 4) is 5.75 Å². The maximum absolute atomic E-state index is 13.2. The number of nitrogens with zero attached hydrogens (tertiary/aromatic N) is 2. The van der Waals surface area contributed by atoms with Gasteiger partial charge in [-0.25, -0.2) is 0 Å². The highest BCUT2D eigenvalue weighted by Gasteiger charge is 2.31. The predicted molar refractivity (Wildman–Crippen MR) is 128 cm³/mol. The zero-order chi connectivity index (χ0) is 24.0. The third-order valence-electron chi connectivity index (χ3n) is 5.81. The summed E-state index contributed by atoms with van der Waals surface area (Å²) in [6.45, 7) is 6.73. The van der Waals surface area contributed by atoms with Gasteiger partial charge in [-0.15, -0.1) is 0 Å². The molecular formula is C25H32N4O4. The molecule has 1 fully saturated rings. The van der Waals surface area contributed by atoms with Crippen molar-refractivity contribution in [3.05, 3.63) is 59.7 Å². The Morgan fingerprint density at radius 1 is 0.909 bits per heavy atom.